The first kappa shape index (κ1) is 14.8. The molecule has 0 aliphatic heterocycles. The van der Waals surface area contributed by atoms with Crippen LogP contribution in [0, 0.1) is 6.92 Å². The quantitative estimate of drug-likeness (QED) is 0.684. The van der Waals surface area contributed by atoms with Crippen molar-refractivity contribution in [3.8, 4) is 0 Å². The van der Waals surface area contributed by atoms with E-state index in [1.54, 1.807) is 17.0 Å². The molecule has 0 aliphatic rings. The molecule has 3 nitrogen and oxygen atoms in total. The lowest BCUT2D eigenvalue weighted by atomic mass is 10.0. The van der Waals surface area contributed by atoms with Gasteiger partial charge in [-0.05, 0) is 38.5 Å². The van der Waals surface area contributed by atoms with Gasteiger partial charge in [-0.25, -0.2) is 0 Å². The second kappa shape index (κ2) is 6.05. The van der Waals surface area contributed by atoms with E-state index in [2.05, 4.69) is 22.5 Å². The van der Waals surface area contributed by atoms with Crippen molar-refractivity contribution in [2.24, 2.45) is 0 Å². The number of anilines is 1. The van der Waals surface area contributed by atoms with Gasteiger partial charge in [0.25, 0.3) is 5.91 Å². The Morgan fingerprint density at radius 3 is 2.67 bits per heavy atom. The minimum atomic E-state index is -0.0181. The molecule has 4 heteroatoms. The zero-order valence-electron chi connectivity index (χ0n) is 11.0. The molecule has 2 N–H and O–H groups in total. The SMILES string of the molecule is C=CCN(C(=O)c1cc(Br)cc(N)c1C)C(C)C. The van der Waals surface area contributed by atoms with Crippen LogP contribution in [0.25, 0.3) is 0 Å². The summed E-state index contributed by atoms with van der Waals surface area (Å²) in [5.41, 5.74) is 7.96. The first-order chi connectivity index (χ1) is 8.38. The van der Waals surface area contributed by atoms with Crippen LogP contribution in [-0.4, -0.2) is 23.4 Å². The molecule has 0 heterocycles. The number of hydrogen-bond acceptors (Lipinski definition) is 2. The normalized spacial score (nSPS) is 10.5. The summed E-state index contributed by atoms with van der Waals surface area (Å²) in [5.74, 6) is -0.0181. The van der Waals surface area contributed by atoms with Crippen LogP contribution in [0.3, 0.4) is 0 Å². The van der Waals surface area contributed by atoms with Gasteiger partial charge in [0.1, 0.15) is 0 Å². The number of halogens is 1. The molecule has 0 aliphatic carbocycles. The van der Waals surface area contributed by atoms with Gasteiger partial charge in [0.05, 0.1) is 0 Å². The van der Waals surface area contributed by atoms with Gasteiger partial charge >= 0.3 is 0 Å². The smallest absolute Gasteiger partial charge is 0.254 e. The molecular formula is C14H19BrN2O. The summed E-state index contributed by atoms with van der Waals surface area (Å²) in [7, 11) is 0. The second-order valence-corrected chi connectivity index (χ2v) is 5.42. The van der Waals surface area contributed by atoms with Crippen LogP contribution in [0.4, 0.5) is 5.69 Å². The zero-order chi connectivity index (χ0) is 13.9. The molecule has 0 spiro atoms. The Bertz CT molecular complexity index is 469. The molecule has 0 unspecified atom stereocenters. The Labute approximate surface area is 117 Å². The number of nitrogen functional groups attached to an aromatic ring is 1. The number of nitrogens with zero attached hydrogens (tertiary/aromatic N) is 1. The molecule has 98 valence electrons. The minimum Gasteiger partial charge on any atom is -0.398 e. The third-order valence-electron chi connectivity index (χ3n) is 2.85. The van der Waals surface area contributed by atoms with Gasteiger partial charge in [-0.1, -0.05) is 22.0 Å². The molecule has 0 aromatic heterocycles. The largest absolute Gasteiger partial charge is 0.398 e. The van der Waals surface area contributed by atoms with Crippen LogP contribution in [-0.2, 0) is 0 Å². The lowest BCUT2D eigenvalue weighted by molar-refractivity contribution is 0.0728. The van der Waals surface area contributed by atoms with E-state index in [4.69, 9.17) is 5.73 Å². The maximum absolute atomic E-state index is 12.5. The summed E-state index contributed by atoms with van der Waals surface area (Å²) < 4.78 is 0.816. The zero-order valence-corrected chi connectivity index (χ0v) is 12.6. The summed E-state index contributed by atoms with van der Waals surface area (Å²) in [4.78, 5) is 14.3. The van der Waals surface area contributed by atoms with Crippen molar-refractivity contribution in [2.45, 2.75) is 26.8 Å². The highest BCUT2D eigenvalue weighted by atomic mass is 79.9. The minimum absolute atomic E-state index is 0.0181. The van der Waals surface area contributed by atoms with Gasteiger partial charge in [-0.15, -0.1) is 6.58 Å². The Kier molecular flexibility index (Phi) is 4.96. The van der Waals surface area contributed by atoms with Gasteiger partial charge in [-0.3, -0.25) is 4.79 Å². The Hall–Kier alpha value is -1.29. The summed E-state index contributed by atoms with van der Waals surface area (Å²) in [6.45, 7) is 10.0. The van der Waals surface area contributed by atoms with E-state index in [1.807, 2.05) is 26.8 Å². The fourth-order valence-electron chi connectivity index (χ4n) is 1.74. The number of carbonyl (C=O) groups excluding carboxylic acids is 1. The topological polar surface area (TPSA) is 46.3 Å². The highest BCUT2D eigenvalue weighted by Gasteiger charge is 2.20. The number of carbonyl (C=O) groups is 1. The molecule has 1 rings (SSSR count). The van der Waals surface area contributed by atoms with Gasteiger partial charge in [0.2, 0.25) is 0 Å². The molecule has 18 heavy (non-hydrogen) atoms. The molecule has 1 aromatic rings. The predicted molar refractivity (Wildman–Crippen MR) is 79.7 cm³/mol. The van der Waals surface area contributed by atoms with E-state index < -0.39 is 0 Å². The Morgan fingerprint density at radius 1 is 1.56 bits per heavy atom. The van der Waals surface area contributed by atoms with Gasteiger partial charge < -0.3 is 10.6 Å². The summed E-state index contributed by atoms with van der Waals surface area (Å²) in [5, 5.41) is 0. The maximum atomic E-state index is 12.5. The third kappa shape index (κ3) is 3.13. The molecule has 0 bridgehead atoms. The molecule has 1 amide bonds. The van der Waals surface area contributed by atoms with Gasteiger partial charge in [-0.2, -0.15) is 0 Å². The number of amides is 1. The molecule has 0 saturated heterocycles. The van der Waals surface area contributed by atoms with E-state index in [0.717, 1.165) is 10.0 Å². The number of nitrogens with two attached hydrogens (primary N) is 1. The van der Waals surface area contributed by atoms with Crippen LogP contribution < -0.4 is 5.73 Å². The third-order valence-corrected chi connectivity index (χ3v) is 3.31. The van der Waals surface area contributed by atoms with Crippen molar-refractivity contribution >= 4 is 27.5 Å². The van der Waals surface area contributed by atoms with E-state index in [-0.39, 0.29) is 11.9 Å². The van der Waals surface area contributed by atoms with E-state index in [0.29, 0.717) is 17.8 Å². The molecule has 0 radical (unpaired) electrons. The average molecular weight is 311 g/mol. The fourth-order valence-corrected chi connectivity index (χ4v) is 2.22. The van der Waals surface area contributed by atoms with Crippen molar-refractivity contribution in [1.82, 2.24) is 4.90 Å². The Morgan fingerprint density at radius 2 is 2.17 bits per heavy atom. The van der Waals surface area contributed by atoms with Crippen molar-refractivity contribution in [3.05, 3.63) is 40.4 Å². The summed E-state index contributed by atoms with van der Waals surface area (Å²) >= 11 is 3.37. The number of hydrogen-bond donors (Lipinski definition) is 1. The maximum Gasteiger partial charge on any atom is 0.254 e. The highest BCUT2D eigenvalue weighted by Crippen LogP contribution is 2.24. The van der Waals surface area contributed by atoms with Crippen LogP contribution in [0.15, 0.2) is 29.3 Å². The lowest BCUT2D eigenvalue weighted by Gasteiger charge is -2.26. The first-order valence-electron chi connectivity index (χ1n) is 5.86. The monoisotopic (exact) mass is 310 g/mol. The molecule has 0 fully saturated rings. The molecule has 1 aromatic carbocycles. The van der Waals surface area contributed by atoms with Gasteiger partial charge in [0.15, 0.2) is 0 Å². The van der Waals surface area contributed by atoms with Crippen molar-refractivity contribution in [1.29, 1.82) is 0 Å². The van der Waals surface area contributed by atoms with E-state index >= 15 is 0 Å². The lowest BCUT2D eigenvalue weighted by Crippen LogP contribution is -2.37. The number of rotatable bonds is 4. The first-order valence-corrected chi connectivity index (χ1v) is 6.65. The fraction of sp³-hybridized carbons (Fsp3) is 0.357. The van der Waals surface area contributed by atoms with Crippen LogP contribution >= 0.6 is 15.9 Å². The number of benzene rings is 1. The average Bonchev–Trinajstić information content (AvgIpc) is 2.29. The standard InChI is InChI=1S/C14H19BrN2O/c1-5-6-17(9(2)3)14(18)12-7-11(15)8-13(16)10(12)4/h5,7-9H,1,6,16H2,2-4H3. The van der Waals surface area contributed by atoms with Crippen LogP contribution in [0.5, 0.6) is 0 Å². The van der Waals surface area contributed by atoms with E-state index in [9.17, 15) is 4.79 Å². The summed E-state index contributed by atoms with van der Waals surface area (Å²) in [6, 6.07) is 3.74. The summed E-state index contributed by atoms with van der Waals surface area (Å²) in [6.07, 6.45) is 1.73. The second-order valence-electron chi connectivity index (χ2n) is 4.51. The molecule has 0 atom stereocenters. The molecule has 0 saturated carbocycles. The van der Waals surface area contributed by atoms with Gasteiger partial charge in [0, 0.05) is 28.3 Å². The van der Waals surface area contributed by atoms with E-state index in [1.165, 1.54) is 0 Å². The highest BCUT2D eigenvalue weighted by molar-refractivity contribution is 9.10. The Balaban J connectivity index is 3.20. The van der Waals surface area contributed by atoms with Crippen LogP contribution in [0.2, 0.25) is 0 Å². The van der Waals surface area contributed by atoms with Crippen LogP contribution in [0.1, 0.15) is 29.8 Å². The van der Waals surface area contributed by atoms with Crippen molar-refractivity contribution < 1.29 is 4.79 Å². The predicted octanol–water partition coefficient (Wildman–Crippen LogP) is 3.38. The van der Waals surface area contributed by atoms with Crippen molar-refractivity contribution in [3.63, 3.8) is 0 Å². The van der Waals surface area contributed by atoms with Crippen molar-refractivity contribution in [2.75, 3.05) is 12.3 Å². The molecular weight excluding hydrogens is 292 g/mol.